The van der Waals surface area contributed by atoms with E-state index in [9.17, 15) is 15.0 Å². The van der Waals surface area contributed by atoms with Crippen molar-refractivity contribution in [2.75, 3.05) is 0 Å². The Morgan fingerprint density at radius 2 is 1.82 bits per heavy atom. The first-order valence-corrected chi connectivity index (χ1v) is 13.7. The third-order valence-corrected chi connectivity index (χ3v) is 12.0. The van der Waals surface area contributed by atoms with Crippen LogP contribution in [-0.4, -0.2) is 33.5 Å². The Kier molecular flexibility index (Phi) is 5.21. The predicted molar refractivity (Wildman–Crippen MR) is 134 cm³/mol. The van der Waals surface area contributed by atoms with Crippen LogP contribution in [0.2, 0.25) is 0 Å². The van der Waals surface area contributed by atoms with Gasteiger partial charge in [0.25, 0.3) is 0 Å². The lowest BCUT2D eigenvalue weighted by Crippen LogP contribution is -2.64. The Morgan fingerprint density at radius 3 is 2.50 bits per heavy atom. The molecule has 4 heteroatoms. The molecule has 0 aromatic rings. The van der Waals surface area contributed by atoms with E-state index < -0.39 is 28.1 Å². The molecule has 4 fully saturated rings. The molecule has 9 unspecified atom stereocenters. The molecule has 34 heavy (non-hydrogen) atoms. The molecule has 9 atom stereocenters. The van der Waals surface area contributed by atoms with Crippen LogP contribution >= 0.6 is 0 Å². The highest BCUT2D eigenvalue weighted by Gasteiger charge is 2.79. The van der Waals surface area contributed by atoms with Gasteiger partial charge in [-0.2, -0.15) is 0 Å². The second-order valence-electron chi connectivity index (χ2n) is 14.2. The van der Waals surface area contributed by atoms with E-state index in [2.05, 4.69) is 52.8 Å². The maximum absolute atomic E-state index is 13.9. The molecule has 0 aromatic carbocycles. The van der Waals surface area contributed by atoms with Crippen LogP contribution in [0.15, 0.2) is 24.3 Å². The van der Waals surface area contributed by atoms with Crippen molar-refractivity contribution < 1.29 is 19.7 Å². The van der Waals surface area contributed by atoms with Crippen LogP contribution in [-0.2, 0) is 9.53 Å². The summed E-state index contributed by atoms with van der Waals surface area (Å²) in [6.45, 7) is 15.2. The Balaban J connectivity index is 1.50. The molecule has 0 radical (unpaired) electrons. The lowest BCUT2D eigenvalue weighted by Gasteiger charge is -2.63. The van der Waals surface area contributed by atoms with Crippen LogP contribution in [0, 0.1) is 45.3 Å². The zero-order valence-corrected chi connectivity index (χ0v) is 22.4. The molecule has 1 heterocycles. The van der Waals surface area contributed by atoms with Crippen molar-refractivity contribution in [3.05, 3.63) is 24.3 Å². The minimum Gasteiger partial charge on any atom is -0.453 e. The average Bonchev–Trinajstić information content (AvgIpc) is 3.09. The van der Waals surface area contributed by atoms with Crippen molar-refractivity contribution in [2.24, 2.45) is 45.3 Å². The van der Waals surface area contributed by atoms with Crippen LogP contribution < -0.4 is 0 Å². The monoisotopic (exact) mass is 470 g/mol. The van der Waals surface area contributed by atoms with E-state index in [4.69, 9.17) is 4.74 Å². The van der Waals surface area contributed by atoms with Gasteiger partial charge < -0.3 is 14.9 Å². The molecule has 5 aliphatic rings. The molecule has 5 rings (SSSR count). The lowest BCUT2D eigenvalue weighted by atomic mass is 9.38. The third kappa shape index (κ3) is 2.82. The van der Waals surface area contributed by atoms with Crippen molar-refractivity contribution in [1.82, 2.24) is 0 Å². The predicted octanol–water partition coefficient (Wildman–Crippen LogP) is 5.82. The first-order chi connectivity index (χ1) is 15.7. The quantitative estimate of drug-likeness (QED) is 0.401. The summed E-state index contributed by atoms with van der Waals surface area (Å²) in [5, 5.41) is 21.0. The second kappa shape index (κ2) is 7.22. The standard InChI is InChI=1S/C30H46O4/c1-19(9-8-14-25(2,3)33)20-12-15-28(7)21-13-16-30-22(10-11-23(31)26(30,4)5)29(21,24(32)34-30)18-17-27(20,28)6/h8,13-14,16,19-23,31,33H,9-12,15,17-18H2,1-7H3. The molecule has 4 aliphatic carbocycles. The van der Waals surface area contributed by atoms with Gasteiger partial charge in [-0.1, -0.05) is 52.8 Å². The summed E-state index contributed by atoms with van der Waals surface area (Å²) in [5.41, 5.74) is -2.14. The van der Waals surface area contributed by atoms with E-state index in [1.54, 1.807) is 0 Å². The first kappa shape index (κ1) is 24.6. The lowest BCUT2D eigenvalue weighted by molar-refractivity contribution is -0.173. The fourth-order valence-corrected chi connectivity index (χ4v) is 9.75. The SMILES string of the molecule is CC(CC=CC(C)(C)O)C1CCC2(C)C3C=CC45OC(=O)C3(CCC12C)C4CCC(O)C5(C)C. The molecule has 0 aromatic heterocycles. The molecule has 1 saturated heterocycles. The van der Waals surface area contributed by atoms with Crippen LogP contribution in [0.5, 0.6) is 0 Å². The van der Waals surface area contributed by atoms with Crippen LogP contribution in [0.4, 0.5) is 0 Å². The number of fused-ring (bicyclic) bond motifs is 2. The van der Waals surface area contributed by atoms with E-state index in [0.29, 0.717) is 11.8 Å². The molecule has 190 valence electrons. The number of carbonyl (C=O) groups is 1. The number of rotatable bonds is 4. The zero-order chi connectivity index (χ0) is 24.9. The highest BCUT2D eigenvalue weighted by molar-refractivity contribution is 5.83. The molecule has 0 amide bonds. The number of ether oxygens (including phenoxy) is 1. The third-order valence-electron chi connectivity index (χ3n) is 12.0. The van der Waals surface area contributed by atoms with E-state index in [1.807, 2.05) is 19.9 Å². The van der Waals surface area contributed by atoms with Gasteiger partial charge >= 0.3 is 5.97 Å². The van der Waals surface area contributed by atoms with Gasteiger partial charge in [-0.25, -0.2) is 0 Å². The summed E-state index contributed by atoms with van der Waals surface area (Å²) in [7, 11) is 0. The van der Waals surface area contributed by atoms with E-state index in [1.165, 1.54) is 6.42 Å². The summed E-state index contributed by atoms with van der Waals surface area (Å²) >= 11 is 0. The summed E-state index contributed by atoms with van der Waals surface area (Å²) in [6, 6.07) is 0. The topological polar surface area (TPSA) is 66.8 Å². The largest absolute Gasteiger partial charge is 0.453 e. The molecule has 3 saturated carbocycles. The number of aliphatic hydroxyl groups is 2. The summed E-state index contributed by atoms with van der Waals surface area (Å²) in [5.74, 6) is 1.49. The van der Waals surface area contributed by atoms with Crippen LogP contribution in [0.3, 0.4) is 0 Å². The van der Waals surface area contributed by atoms with E-state index >= 15 is 0 Å². The molecule has 4 nitrogen and oxygen atoms in total. The first-order valence-electron chi connectivity index (χ1n) is 13.7. The molecule has 1 aliphatic heterocycles. The van der Waals surface area contributed by atoms with Crippen molar-refractivity contribution >= 4 is 5.97 Å². The fraction of sp³-hybridized carbons (Fsp3) is 0.833. The summed E-state index contributed by atoms with van der Waals surface area (Å²) in [6.07, 6.45) is 15.1. The number of allylic oxidation sites excluding steroid dienone is 2. The van der Waals surface area contributed by atoms with Gasteiger partial charge in [-0.3, -0.25) is 4.79 Å². The molecular formula is C30H46O4. The van der Waals surface area contributed by atoms with Crippen molar-refractivity contribution in [3.63, 3.8) is 0 Å². The summed E-state index contributed by atoms with van der Waals surface area (Å²) < 4.78 is 6.39. The molecular weight excluding hydrogens is 424 g/mol. The Labute approximate surface area is 206 Å². The van der Waals surface area contributed by atoms with Gasteiger partial charge in [0.1, 0.15) is 5.60 Å². The number of hydrogen-bond donors (Lipinski definition) is 2. The van der Waals surface area contributed by atoms with Gasteiger partial charge in [-0.05, 0) is 93.5 Å². The van der Waals surface area contributed by atoms with Gasteiger partial charge in [0.15, 0.2) is 0 Å². The Bertz CT molecular complexity index is 927. The normalized spacial score (nSPS) is 50.0. The van der Waals surface area contributed by atoms with E-state index in [0.717, 1.165) is 38.5 Å². The Hall–Kier alpha value is -1.13. The number of hydrogen-bond acceptors (Lipinski definition) is 4. The van der Waals surface area contributed by atoms with Crippen molar-refractivity contribution in [2.45, 2.75) is 111 Å². The van der Waals surface area contributed by atoms with Gasteiger partial charge in [0.05, 0.1) is 17.1 Å². The van der Waals surface area contributed by atoms with E-state index in [-0.39, 0.29) is 28.6 Å². The highest BCUT2D eigenvalue weighted by atomic mass is 16.6. The number of carbonyl (C=O) groups excluding carboxylic acids is 1. The average molecular weight is 471 g/mol. The number of esters is 1. The van der Waals surface area contributed by atoms with Crippen molar-refractivity contribution in [3.8, 4) is 0 Å². The van der Waals surface area contributed by atoms with Crippen LogP contribution in [0.1, 0.15) is 93.4 Å². The maximum Gasteiger partial charge on any atom is 0.314 e. The molecule has 1 spiro atoms. The summed E-state index contributed by atoms with van der Waals surface area (Å²) in [4.78, 5) is 13.9. The molecule has 2 N–H and O–H groups in total. The highest BCUT2D eigenvalue weighted by Crippen LogP contribution is 2.77. The zero-order valence-electron chi connectivity index (χ0n) is 22.4. The van der Waals surface area contributed by atoms with Gasteiger partial charge in [0, 0.05) is 11.3 Å². The maximum atomic E-state index is 13.9. The minimum atomic E-state index is -0.769. The smallest absolute Gasteiger partial charge is 0.314 e. The number of aliphatic hydroxyl groups excluding tert-OH is 1. The fourth-order valence-electron chi connectivity index (χ4n) is 9.75. The van der Waals surface area contributed by atoms with Gasteiger partial charge in [-0.15, -0.1) is 0 Å². The van der Waals surface area contributed by atoms with Crippen LogP contribution in [0.25, 0.3) is 0 Å². The van der Waals surface area contributed by atoms with Gasteiger partial charge in [0.2, 0.25) is 0 Å². The Morgan fingerprint density at radius 1 is 1.12 bits per heavy atom. The second-order valence-corrected chi connectivity index (χ2v) is 14.2. The van der Waals surface area contributed by atoms with Crippen molar-refractivity contribution in [1.29, 1.82) is 0 Å². The minimum absolute atomic E-state index is 0.00237. The molecule has 2 bridgehead atoms.